The fraction of sp³-hybridized carbons (Fsp3) is 0.370. The maximum atomic E-state index is 13.2. The molecule has 0 bridgehead atoms. The van der Waals surface area contributed by atoms with Crippen LogP contribution in [0, 0.1) is 6.92 Å². The third-order valence-electron chi connectivity index (χ3n) is 6.83. The number of fused-ring (bicyclic) bond motifs is 1. The third-order valence-corrected chi connectivity index (χ3v) is 6.83. The minimum atomic E-state index is -1.02. The van der Waals surface area contributed by atoms with E-state index >= 15 is 0 Å². The number of carbonyl (C=O) groups is 2. The van der Waals surface area contributed by atoms with Gasteiger partial charge in [0.2, 0.25) is 0 Å². The first-order valence-corrected chi connectivity index (χ1v) is 12.0. The number of carbonyl (C=O) groups excluding carboxylic acids is 1. The van der Waals surface area contributed by atoms with E-state index in [-0.39, 0.29) is 11.1 Å². The van der Waals surface area contributed by atoms with Gasteiger partial charge in [0, 0.05) is 30.7 Å². The van der Waals surface area contributed by atoms with Crippen LogP contribution in [0.15, 0.2) is 41.2 Å². The van der Waals surface area contributed by atoms with Gasteiger partial charge in [-0.2, -0.15) is 0 Å². The summed E-state index contributed by atoms with van der Waals surface area (Å²) in [7, 11) is 3.81. The van der Waals surface area contributed by atoms with Gasteiger partial charge in [0.15, 0.2) is 0 Å². The number of hydrogen-bond acceptors (Lipinski definition) is 5. The van der Waals surface area contributed by atoms with Crippen LogP contribution in [0.1, 0.15) is 63.9 Å². The molecule has 2 aromatic carbocycles. The number of aryl methyl sites for hydroxylation is 1. The normalized spacial score (nSPS) is 14.3. The number of pyridine rings is 1. The molecule has 1 saturated carbocycles. The van der Waals surface area contributed by atoms with Crippen molar-refractivity contribution < 1.29 is 14.7 Å². The number of nitrogens with zero attached hydrogens (tertiary/aromatic N) is 1. The number of carboxylic acid groups (broad SMARTS) is 1. The van der Waals surface area contributed by atoms with Crippen molar-refractivity contribution in [3.8, 4) is 0 Å². The maximum Gasteiger partial charge on any atom is 0.335 e. The molecule has 3 aromatic rings. The minimum absolute atomic E-state index is 0.000880. The summed E-state index contributed by atoms with van der Waals surface area (Å²) >= 11 is 0. The van der Waals surface area contributed by atoms with Gasteiger partial charge < -0.3 is 20.7 Å². The summed E-state index contributed by atoms with van der Waals surface area (Å²) < 4.78 is 0. The molecule has 4 N–H and O–H groups in total. The monoisotopic (exact) mass is 476 g/mol. The number of anilines is 2. The highest BCUT2D eigenvalue weighted by molar-refractivity contribution is 6.07. The third kappa shape index (κ3) is 5.38. The number of benzene rings is 2. The summed E-state index contributed by atoms with van der Waals surface area (Å²) in [6.45, 7) is 2.45. The smallest absolute Gasteiger partial charge is 0.335 e. The predicted molar refractivity (Wildman–Crippen MR) is 139 cm³/mol. The van der Waals surface area contributed by atoms with Crippen molar-refractivity contribution in [2.24, 2.45) is 0 Å². The van der Waals surface area contributed by atoms with Crippen LogP contribution in [-0.4, -0.2) is 47.0 Å². The average Bonchev–Trinajstić information content (AvgIpc) is 2.84. The molecule has 8 heteroatoms. The Bertz CT molecular complexity index is 1320. The first kappa shape index (κ1) is 24.5. The molecule has 0 aliphatic heterocycles. The Morgan fingerprint density at radius 2 is 1.83 bits per heavy atom. The fourth-order valence-electron chi connectivity index (χ4n) is 4.92. The fourth-order valence-corrected chi connectivity index (χ4v) is 4.92. The van der Waals surface area contributed by atoms with Crippen LogP contribution in [-0.2, 0) is 6.54 Å². The molecular formula is C27H32N4O4. The molecule has 0 unspecified atom stereocenters. The van der Waals surface area contributed by atoms with Gasteiger partial charge in [-0.15, -0.1) is 0 Å². The van der Waals surface area contributed by atoms with Crippen molar-refractivity contribution in [1.29, 1.82) is 0 Å². The number of hydrogen-bond donors (Lipinski definition) is 4. The molecule has 1 fully saturated rings. The van der Waals surface area contributed by atoms with Gasteiger partial charge in [0.25, 0.3) is 11.5 Å². The van der Waals surface area contributed by atoms with E-state index in [1.54, 1.807) is 25.2 Å². The second-order valence-electron chi connectivity index (χ2n) is 9.38. The zero-order valence-electron chi connectivity index (χ0n) is 20.4. The van der Waals surface area contributed by atoms with E-state index in [1.807, 2.05) is 26.1 Å². The molecule has 1 amide bonds. The molecule has 1 aromatic heterocycles. The van der Waals surface area contributed by atoms with Crippen LogP contribution in [0.5, 0.6) is 0 Å². The van der Waals surface area contributed by atoms with Gasteiger partial charge in [0.05, 0.1) is 16.8 Å². The SMILES string of the molecule is CNc1cc(C)cc2cc(C(=O)Nc3ccc(C(=O)O)cc3CN(C)C3CCCCC3)c(=O)[nH]c12. The molecule has 0 saturated heterocycles. The molecular weight excluding hydrogens is 444 g/mol. The summed E-state index contributed by atoms with van der Waals surface area (Å²) in [5.74, 6) is -1.56. The standard InChI is InChI=1S/C27H32N4O4/c1-16-11-18-14-21(26(33)30-24(18)23(12-16)28-2)25(32)29-22-10-9-17(27(34)35)13-19(22)15-31(3)20-7-5-4-6-8-20/h9-14,20,28H,4-8,15H2,1-3H3,(H,29,32)(H,30,33)(H,34,35). The first-order valence-electron chi connectivity index (χ1n) is 12.0. The molecule has 0 atom stereocenters. The Morgan fingerprint density at radius 3 is 2.51 bits per heavy atom. The Balaban J connectivity index is 1.65. The van der Waals surface area contributed by atoms with Gasteiger partial charge in [-0.3, -0.25) is 14.5 Å². The highest BCUT2D eigenvalue weighted by Crippen LogP contribution is 2.27. The number of H-pyrrole nitrogens is 1. The molecule has 8 nitrogen and oxygen atoms in total. The number of aromatic carboxylic acids is 1. The number of amides is 1. The lowest BCUT2D eigenvalue weighted by molar-refractivity contribution is 0.0696. The molecule has 1 heterocycles. The quantitative estimate of drug-likeness (QED) is 0.396. The average molecular weight is 477 g/mol. The van der Waals surface area contributed by atoms with E-state index in [2.05, 4.69) is 20.5 Å². The molecule has 1 aliphatic carbocycles. The largest absolute Gasteiger partial charge is 0.478 e. The van der Waals surface area contributed by atoms with Crippen LogP contribution < -0.4 is 16.2 Å². The number of aromatic nitrogens is 1. The van der Waals surface area contributed by atoms with E-state index in [9.17, 15) is 19.5 Å². The van der Waals surface area contributed by atoms with Gasteiger partial charge in [-0.25, -0.2) is 4.79 Å². The number of carboxylic acids is 1. The van der Waals surface area contributed by atoms with Crippen molar-refractivity contribution in [3.05, 3.63) is 69.0 Å². The Labute approximate surface area is 204 Å². The van der Waals surface area contributed by atoms with Crippen molar-refractivity contribution >= 4 is 34.2 Å². The van der Waals surface area contributed by atoms with Crippen molar-refractivity contribution in [1.82, 2.24) is 9.88 Å². The highest BCUT2D eigenvalue weighted by Gasteiger charge is 2.21. The Morgan fingerprint density at radius 1 is 1.09 bits per heavy atom. The zero-order chi connectivity index (χ0) is 25.1. The Kier molecular flexibility index (Phi) is 7.21. The van der Waals surface area contributed by atoms with E-state index in [0.29, 0.717) is 29.4 Å². The van der Waals surface area contributed by atoms with Crippen LogP contribution in [0.2, 0.25) is 0 Å². The molecule has 0 radical (unpaired) electrons. The zero-order valence-corrected chi connectivity index (χ0v) is 20.4. The highest BCUT2D eigenvalue weighted by atomic mass is 16.4. The number of aromatic amines is 1. The van der Waals surface area contributed by atoms with Gasteiger partial charge in [0.1, 0.15) is 5.56 Å². The first-order chi connectivity index (χ1) is 16.8. The van der Waals surface area contributed by atoms with E-state index in [4.69, 9.17) is 0 Å². The van der Waals surface area contributed by atoms with Crippen molar-refractivity contribution in [2.45, 2.75) is 51.6 Å². The lowest BCUT2D eigenvalue weighted by Gasteiger charge is -2.31. The number of nitrogens with one attached hydrogen (secondary N) is 3. The predicted octanol–water partition coefficient (Wildman–Crippen LogP) is 4.59. The summed E-state index contributed by atoms with van der Waals surface area (Å²) in [4.78, 5) is 42.6. The molecule has 4 rings (SSSR count). The van der Waals surface area contributed by atoms with Crippen LogP contribution >= 0.6 is 0 Å². The van der Waals surface area contributed by atoms with E-state index in [0.717, 1.165) is 29.5 Å². The summed E-state index contributed by atoms with van der Waals surface area (Å²) in [5, 5.41) is 16.2. The molecule has 184 valence electrons. The Hall–Kier alpha value is -3.65. The van der Waals surface area contributed by atoms with Crippen molar-refractivity contribution in [3.63, 3.8) is 0 Å². The molecule has 0 spiro atoms. The maximum absolute atomic E-state index is 13.2. The van der Waals surface area contributed by atoms with Crippen LogP contribution in [0.25, 0.3) is 10.9 Å². The van der Waals surface area contributed by atoms with Crippen LogP contribution in [0.3, 0.4) is 0 Å². The number of rotatable bonds is 7. The second kappa shape index (κ2) is 10.3. The summed E-state index contributed by atoms with van der Waals surface area (Å²) in [5.41, 5.74) is 3.30. The summed E-state index contributed by atoms with van der Waals surface area (Å²) in [6, 6.07) is 10.5. The lowest BCUT2D eigenvalue weighted by atomic mass is 9.94. The topological polar surface area (TPSA) is 115 Å². The molecule has 1 aliphatic rings. The van der Waals surface area contributed by atoms with E-state index < -0.39 is 17.4 Å². The molecule has 35 heavy (non-hydrogen) atoms. The second-order valence-corrected chi connectivity index (χ2v) is 9.38. The van der Waals surface area contributed by atoms with Crippen LogP contribution in [0.4, 0.5) is 11.4 Å². The summed E-state index contributed by atoms with van der Waals surface area (Å²) in [6.07, 6.45) is 5.84. The van der Waals surface area contributed by atoms with Gasteiger partial charge in [-0.1, -0.05) is 19.3 Å². The van der Waals surface area contributed by atoms with E-state index in [1.165, 1.54) is 25.3 Å². The van der Waals surface area contributed by atoms with Gasteiger partial charge in [-0.05, 0) is 74.3 Å². The van der Waals surface area contributed by atoms with Crippen molar-refractivity contribution in [2.75, 3.05) is 24.7 Å². The lowest BCUT2D eigenvalue weighted by Crippen LogP contribution is -2.33. The van der Waals surface area contributed by atoms with Gasteiger partial charge >= 0.3 is 5.97 Å². The minimum Gasteiger partial charge on any atom is -0.478 e.